The Morgan fingerprint density at radius 3 is 3.06 bits per heavy atom. The summed E-state index contributed by atoms with van der Waals surface area (Å²) in [6.45, 7) is 1.17. The van der Waals surface area contributed by atoms with Crippen LogP contribution in [0.1, 0.15) is 0 Å². The molecule has 2 rings (SSSR count). The van der Waals surface area contributed by atoms with Crippen molar-refractivity contribution < 1.29 is 9.66 Å². The number of benzene rings is 1. The van der Waals surface area contributed by atoms with Crippen LogP contribution in [0.15, 0.2) is 18.2 Å². The van der Waals surface area contributed by atoms with Crippen molar-refractivity contribution in [3.05, 3.63) is 28.3 Å². The number of ether oxygens (including phenoxy) is 1. The summed E-state index contributed by atoms with van der Waals surface area (Å²) in [5.74, 6) is 0. The van der Waals surface area contributed by atoms with Gasteiger partial charge in [0.15, 0.2) is 6.10 Å². The van der Waals surface area contributed by atoms with Gasteiger partial charge in [-0.25, -0.2) is 0 Å². The SMILES string of the molecule is N#CC1CN(c2cccc(N)c2[N+](=O)[O-])CCO1. The van der Waals surface area contributed by atoms with Gasteiger partial charge in [0.1, 0.15) is 11.4 Å². The highest BCUT2D eigenvalue weighted by Crippen LogP contribution is 2.34. The van der Waals surface area contributed by atoms with Crippen LogP contribution in [0.5, 0.6) is 0 Å². The van der Waals surface area contributed by atoms with Gasteiger partial charge in [0.25, 0.3) is 0 Å². The lowest BCUT2D eigenvalue weighted by molar-refractivity contribution is -0.383. The van der Waals surface area contributed by atoms with Crippen molar-refractivity contribution in [1.29, 1.82) is 5.26 Å². The van der Waals surface area contributed by atoms with Crippen molar-refractivity contribution in [3.8, 4) is 6.07 Å². The third kappa shape index (κ3) is 2.19. The van der Waals surface area contributed by atoms with Crippen LogP contribution in [0.25, 0.3) is 0 Å². The number of rotatable bonds is 2. The highest BCUT2D eigenvalue weighted by atomic mass is 16.6. The Kier molecular flexibility index (Phi) is 3.30. The number of nitro benzene ring substituents is 1. The van der Waals surface area contributed by atoms with Gasteiger partial charge in [-0.05, 0) is 12.1 Å². The van der Waals surface area contributed by atoms with Crippen molar-refractivity contribution in [2.45, 2.75) is 6.10 Å². The van der Waals surface area contributed by atoms with Gasteiger partial charge < -0.3 is 15.4 Å². The number of nitrogens with two attached hydrogens (primary N) is 1. The molecule has 0 bridgehead atoms. The molecule has 0 saturated carbocycles. The number of nitrogens with zero attached hydrogens (tertiary/aromatic N) is 3. The third-order valence-corrected chi connectivity index (χ3v) is 2.78. The van der Waals surface area contributed by atoms with Crippen molar-refractivity contribution >= 4 is 17.1 Å². The average molecular weight is 248 g/mol. The second kappa shape index (κ2) is 4.89. The van der Waals surface area contributed by atoms with E-state index in [1.165, 1.54) is 6.07 Å². The van der Waals surface area contributed by atoms with Crippen LogP contribution in [0.3, 0.4) is 0 Å². The van der Waals surface area contributed by atoms with Crippen molar-refractivity contribution in [2.75, 3.05) is 30.3 Å². The van der Waals surface area contributed by atoms with Crippen LogP contribution in [-0.2, 0) is 4.74 Å². The molecule has 1 fully saturated rings. The van der Waals surface area contributed by atoms with E-state index in [-0.39, 0.29) is 11.4 Å². The predicted octanol–water partition coefficient (Wildman–Crippen LogP) is 0.906. The van der Waals surface area contributed by atoms with E-state index in [9.17, 15) is 10.1 Å². The van der Waals surface area contributed by atoms with Gasteiger partial charge >= 0.3 is 5.69 Å². The highest BCUT2D eigenvalue weighted by molar-refractivity contribution is 5.75. The molecule has 0 aliphatic carbocycles. The minimum Gasteiger partial charge on any atom is -0.393 e. The highest BCUT2D eigenvalue weighted by Gasteiger charge is 2.27. The first-order chi connectivity index (χ1) is 8.63. The van der Waals surface area contributed by atoms with Crippen LogP contribution >= 0.6 is 0 Å². The Hall–Kier alpha value is -2.33. The lowest BCUT2D eigenvalue weighted by atomic mass is 10.2. The molecule has 1 aliphatic heterocycles. The van der Waals surface area contributed by atoms with Gasteiger partial charge in [0.2, 0.25) is 0 Å². The molecule has 18 heavy (non-hydrogen) atoms. The largest absolute Gasteiger partial charge is 0.393 e. The zero-order valence-electron chi connectivity index (χ0n) is 9.57. The summed E-state index contributed by atoms with van der Waals surface area (Å²) in [5, 5.41) is 19.9. The number of nitro groups is 1. The van der Waals surface area contributed by atoms with Gasteiger partial charge in [-0.2, -0.15) is 5.26 Å². The van der Waals surface area contributed by atoms with Crippen LogP contribution < -0.4 is 10.6 Å². The summed E-state index contributed by atoms with van der Waals surface area (Å²) in [7, 11) is 0. The normalized spacial score (nSPS) is 19.3. The maximum Gasteiger partial charge on any atom is 0.315 e. The van der Waals surface area contributed by atoms with E-state index in [1.807, 2.05) is 6.07 Å². The van der Waals surface area contributed by atoms with E-state index < -0.39 is 11.0 Å². The first-order valence-corrected chi connectivity index (χ1v) is 5.42. The van der Waals surface area contributed by atoms with Crippen LogP contribution in [0, 0.1) is 21.4 Å². The van der Waals surface area contributed by atoms with E-state index in [2.05, 4.69) is 0 Å². The number of anilines is 2. The molecule has 1 unspecified atom stereocenters. The molecule has 7 nitrogen and oxygen atoms in total. The van der Waals surface area contributed by atoms with Gasteiger partial charge in [-0.3, -0.25) is 10.1 Å². The number of nitrogen functional groups attached to an aromatic ring is 1. The second-order valence-electron chi connectivity index (χ2n) is 3.91. The number of nitriles is 1. The van der Waals surface area contributed by atoms with E-state index in [0.717, 1.165) is 0 Å². The van der Waals surface area contributed by atoms with Gasteiger partial charge in [-0.15, -0.1) is 0 Å². The van der Waals surface area contributed by atoms with Crippen LogP contribution in [-0.4, -0.2) is 30.7 Å². The first-order valence-electron chi connectivity index (χ1n) is 5.42. The minimum atomic E-state index is -0.570. The fraction of sp³-hybridized carbons (Fsp3) is 0.364. The maximum atomic E-state index is 11.0. The Morgan fingerprint density at radius 1 is 1.61 bits per heavy atom. The maximum absolute atomic E-state index is 11.0. The van der Waals surface area contributed by atoms with Gasteiger partial charge in [0.05, 0.1) is 24.1 Å². The topological polar surface area (TPSA) is 105 Å². The van der Waals surface area contributed by atoms with Crippen molar-refractivity contribution in [1.82, 2.24) is 0 Å². The summed E-state index contributed by atoms with van der Waals surface area (Å²) in [5.41, 5.74) is 6.07. The molecule has 94 valence electrons. The fourth-order valence-electron chi connectivity index (χ4n) is 1.95. The smallest absolute Gasteiger partial charge is 0.315 e. The number of hydrogen-bond acceptors (Lipinski definition) is 6. The molecular formula is C11H12N4O3. The van der Waals surface area contributed by atoms with Crippen LogP contribution in [0.2, 0.25) is 0 Å². The van der Waals surface area contributed by atoms with E-state index >= 15 is 0 Å². The second-order valence-corrected chi connectivity index (χ2v) is 3.91. The summed E-state index contributed by atoms with van der Waals surface area (Å²) < 4.78 is 5.21. The fourth-order valence-corrected chi connectivity index (χ4v) is 1.95. The summed E-state index contributed by atoms with van der Waals surface area (Å²) in [4.78, 5) is 12.3. The third-order valence-electron chi connectivity index (χ3n) is 2.78. The number of para-hydroxylation sites is 1. The van der Waals surface area contributed by atoms with Gasteiger partial charge in [-0.1, -0.05) is 6.07 Å². The molecule has 1 heterocycles. The van der Waals surface area contributed by atoms with E-state index in [1.54, 1.807) is 17.0 Å². The standard InChI is InChI=1S/C11H12N4O3/c12-6-8-7-14(4-5-18-8)10-3-1-2-9(13)11(10)15(16)17/h1-3,8H,4-5,7,13H2. The summed E-state index contributed by atoms with van der Waals surface area (Å²) in [6.07, 6.45) is -0.570. The molecule has 0 amide bonds. The minimum absolute atomic E-state index is 0.115. The quantitative estimate of drug-likeness (QED) is 0.473. The molecule has 1 saturated heterocycles. The van der Waals surface area contributed by atoms with Crippen molar-refractivity contribution in [2.24, 2.45) is 0 Å². The Bertz CT molecular complexity index is 512. The zero-order valence-corrected chi connectivity index (χ0v) is 9.57. The molecule has 1 aromatic rings. The lowest BCUT2D eigenvalue weighted by Crippen LogP contribution is -2.42. The molecule has 7 heteroatoms. The molecular weight excluding hydrogens is 236 g/mol. The molecule has 0 spiro atoms. The van der Waals surface area contributed by atoms with Crippen LogP contribution in [0.4, 0.5) is 17.1 Å². The molecule has 0 radical (unpaired) electrons. The molecule has 1 atom stereocenters. The molecule has 1 aliphatic rings. The van der Waals surface area contributed by atoms with Gasteiger partial charge in [0, 0.05) is 6.54 Å². The summed E-state index contributed by atoms with van der Waals surface area (Å²) in [6, 6.07) is 6.79. The van der Waals surface area contributed by atoms with E-state index in [0.29, 0.717) is 25.4 Å². The molecule has 2 N–H and O–H groups in total. The zero-order chi connectivity index (χ0) is 13.1. The Balaban J connectivity index is 2.36. The molecule has 1 aromatic carbocycles. The summed E-state index contributed by atoms with van der Waals surface area (Å²) >= 11 is 0. The van der Waals surface area contributed by atoms with Crippen molar-refractivity contribution in [3.63, 3.8) is 0 Å². The van der Waals surface area contributed by atoms with E-state index in [4.69, 9.17) is 15.7 Å². The lowest BCUT2D eigenvalue weighted by Gasteiger charge is -2.31. The predicted molar refractivity (Wildman–Crippen MR) is 65.1 cm³/mol. The Labute approximate surface area is 104 Å². The molecule has 0 aromatic heterocycles. The first kappa shape index (κ1) is 12.1. The Morgan fingerprint density at radius 2 is 2.39 bits per heavy atom. The average Bonchev–Trinajstić information content (AvgIpc) is 2.38. The number of morpholine rings is 1. The monoisotopic (exact) mass is 248 g/mol. The number of hydrogen-bond donors (Lipinski definition) is 1.